The number of carbonyl (C=O) groups is 1. The summed E-state index contributed by atoms with van der Waals surface area (Å²) >= 11 is 11.6. The molecule has 4 nitrogen and oxygen atoms in total. The van der Waals surface area contributed by atoms with Gasteiger partial charge in [-0.1, -0.05) is 42.5 Å². The summed E-state index contributed by atoms with van der Waals surface area (Å²) in [5.74, 6) is -0.278. The Morgan fingerprint density at radius 2 is 2.06 bits per heavy atom. The zero-order valence-electron chi connectivity index (χ0n) is 9.93. The van der Waals surface area contributed by atoms with Crippen molar-refractivity contribution in [3.8, 4) is 0 Å². The predicted molar refractivity (Wildman–Crippen MR) is 71.2 cm³/mol. The molecule has 1 aliphatic rings. The Morgan fingerprint density at radius 3 is 2.56 bits per heavy atom. The third kappa shape index (κ3) is 2.82. The van der Waals surface area contributed by atoms with Gasteiger partial charge in [0.1, 0.15) is 10.8 Å². The number of aliphatic hydroxyl groups is 1. The lowest BCUT2D eigenvalue weighted by Gasteiger charge is -2.36. The van der Waals surface area contributed by atoms with Gasteiger partial charge in [0.25, 0.3) is 5.91 Å². The quantitative estimate of drug-likeness (QED) is 0.801. The minimum atomic E-state index is -0.501. The Kier molecular flexibility index (Phi) is 4.20. The fraction of sp³-hybridized carbons (Fsp3) is 0.583. The summed E-state index contributed by atoms with van der Waals surface area (Å²) in [7, 11) is 0. The number of H-pyrrole nitrogens is 1. The molecule has 0 spiro atoms. The van der Waals surface area contributed by atoms with Crippen LogP contribution in [0, 0.1) is 0 Å². The number of aromatic amines is 1. The van der Waals surface area contributed by atoms with E-state index in [0.29, 0.717) is 10.7 Å². The van der Waals surface area contributed by atoms with Crippen molar-refractivity contribution in [2.75, 3.05) is 6.61 Å². The number of hydrogen-bond donors (Lipinski definition) is 3. The first-order valence-electron chi connectivity index (χ1n) is 6.04. The lowest BCUT2D eigenvalue weighted by molar-refractivity contribution is 0.0754. The molecule has 2 rings (SSSR count). The molecule has 1 amide bonds. The molecule has 1 aliphatic carbocycles. The molecule has 100 valence electrons. The molecular formula is C12H16Cl2N2O2. The molecule has 1 heterocycles. The molecule has 0 bridgehead atoms. The standard InChI is InChI=1S/C12H16Cl2N2O2/c13-8-6-9(15-10(8)14)11(18)16-12(7-17)4-2-1-3-5-12/h6,15,17H,1-5,7H2,(H,16,18). The summed E-state index contributed by atoms with van der Waals surface area (Å²) in [6, 6.07) is 1.49. The fourth-order valence-electron chi connectivity index (χ4n) is 2.39. The fourth-order valence-corrected chi connectivity index (χ4v) is 2.70. The molecule has 1 aromatic heterocycles. The molecule has 1 fully saturated rings. The number of nitrogens with one attached hydrogen (secondary N) is 2. The first-order chi connectivity index (χ1) is 8.56. The third-order valence-corrected chi connectivity index (χ3v) is 4.15. The van der Waals surface area contributed by atoms with Gasteiger partial charge in [0.2, 0.25) is 0 Å². The van der Waals surface area contributed by atoms with Crippen LogP contribution >= 0.6 is 23.2 Å². The van der Waals surface area contributed by atoms with Crippen molar-refractivity contribution >= 4 is 29.1 Å². The number of aliphatic hydroxyl groups excluding tert-OH is 1. The molecule has 18 heavy (non-hydrogen) atoms. The monoisotopic (exact) mass is 290 g/mol. The van der Waals surface area contributed by atoms with E-state index in [0.717, 1.165) is 32.1 Å². The largest absolute Gasteiger partial charge is 0.394 e. The second kappa shape index (κ2) is 5.51. The average Bonchev–Trinajstić information content (AvgIpc) is 2.71. The minimum absolute atomic E-state index is 0.0408. The van der Waals surface area contributed by atoms with Crippen LogP contribution in [0.4, 0.5) is 0 Å². The zero-order valence-corrected chi connectivity index (χ0v) is 11.4. The van der Waals surface area contributed by atoms with Gasteiger partial charge in [-0.25, -0.2) is 0 Å². The van der Waals surface area contributed by atoms with Gasteiger partial charge in [-0.3, -0.25) is 4.79 Å². The Bertz CT molecular complexity index is 420. The van der Waals surface area contributed by atoms with E-state index >= 15 is 0 Å². The Morgan fingerprint density at radius 1 is 1.39 bits per heavy atom. The van der Waals surface area contributed by atoms with Crippen molar-refractivity contribution in [1.82, 2.24) is 10.3 Å². The van der Waals surface area contributed by atoms with Crippen LogP contribution in [0.25, 0.3) is 0 Å². The number of halogens is 2. The minimum Gasteiger partial charge on any atom is -0.394 e. The lowest BCUT2D eigenvalue weighted by atomic mass is 9.82. The van der Waals surface area contributed by atoms with Crippen molar-refractivity contribution in [2.45, 2.75) is 37.6 Å². The number of aromatic nitrogens is 1. The average molecular weight is 291 g/mol. The third-order valence-electron chi connectivity index (χ3n) is 3.46. The number of hydrogen-bond acceptors (Lipinski definition) is 2. The van der Waals surface area contributed by atoms with Gasteiger partial charge in [0.05, 0.1) is 17.2 Å². The first-order valence-corrected chi connectivity index (χ1v) is 6.79. The van der Waals surface area contributed by atoms with Gasteiger partial charge in [0, 0.05) is 0 Å². The summed E-state index contributed by atoms with van der Waals surface area (Å²) in [6.07, 6.45) is 4.80. The molecule has 3 N–H and O–H groups in total. The van der Waals surface area contributed by atoms with E-state index in [1.165, 1.54) is 6.07 Å². The van der Waals surface area contributed by atoms with E-state index in [2.05, 4.69) is 10.3 Å². The van der Waals surface area contributed by atoms with Gasteiger partial charge in [-0.15, -0.1) is 0 Å². The molecule has 0 aromatic carbocycles. The van der Waals surface area contributed by atoms with E-state index < -0.39 is 5.54 Å². The summed E-state index contributed by atoms with van der Waals surface area (Å²) in [5.41, 5.74) is -0.178. The number of amides is 1. The SMILES string of the molecule is O=C(NC1(CO)CCCCC1)c1cc(Cl)c(Cl)[nH]1. The Hall–Kier alpha value is -0.710. The molecule has 1 saturated carbocycles. The van der Waals surface area contributed by atoms with Crippen molar-refractivity contribution in [3.63, 3.8) is 0 Å². The van der Waals surface area contributed by atoms with E-state index in [4.69, 9.17) is 23.2 Å². The smallest absolute Gasteiger partial charge is 0.268 e. The van der Waals surface area contributed by atoms with Crippen LogP contribution in [0.2, 0.25) is 10.2 Å². The van der Waals surface area contributed by atoms with Crippen molar-refractivity contribution < 1.29 is 9.90 Å². The van der Waals surface area contributed by atoms with Crippen LogP contribution in [0.5, 0.6) is 0 Å². The second-order valence-corrected chi connectivity index (χ2v) is 5.58. The highest BCUT2D eigenvalue weighted by Crippen LogP contribution is 2.28. The number of rotatable bonds is 3. The second-order valence-electron chi connectivity index (χ2n) is 4.80. The molecule has 0 saturated heterocycles. The number of carbonyl (C=O) groups excluding carboxylic acids is 1. The molecule has 0 unspecified atom stereocenters. The highest BCUT2D eigenvalue weighted by molar-refractivity contribution is 6.41. The molecule has 0 aliphatic heterocycles. The summed E-state index contributed by atoms with van der Waals surface area (Å²) in [6.45, 7) is -0.0408. The molecule has 0 radical (unpaired) electrons. The first kappa shape index (κ1) is 13.7. The highest BCUT2D eigenvalue weighted by Gasteiger charge is 2.33. The maximum absolute atomic E-state index is 12.1. The maximum atomic E-state index is 12.1. The van der Waals surface area contributed by atoms with Gasteiger partial charge in [0.15, 0.2) is 0 Å². The van der Waals surface area contributed by atoms with Crippen molar-refractivity contribution in [3.05, 3.63) is 21.9 Å². The Labute approximate surface area is 116 Å². The van der Waals surface area contributed by atoms with E-state index in [1.807, 2.05) is 0 Å². The van der Waals surface area contributed by atoms with Crippen molar-refractivity contribution in [1.29, 1.82) is 0 Å². The lowest BCUT2D eigenvalue weighted by Crippen LogP contribution is -2.52. The highest BCUT2D eigenvalue weighted by atomic mass is 35.5. The maximum Gasteiger partial charge on any atom is 0.268 e. The van der Waals surface area contributed by atoms with Crippen LogP contribution in [0.3, 0.4) is 0 Å². The van der Waals surface area contributed by atoms with Crippen LogP contribution in [-0.2, 0) is 0 Å². The predicted octanol–water partition coefficient (Wildman–Crippen LogP) is 2.75. The molecule has 6 heteroatoms. The van der Waals surface area contributed by atoms with Gasteiger partial charge < -0.3 is 15.4 Å². The zero-order chi connectivity index (χ0) is 13.2. The topological polar surface area (TPSA) is 65.1 Å². The van der Waals surface area contributed by atoms with E-state index in [-0.39, 0.29) is 17.7 Å². The van der Waals surface area contributed by atoms with Crippen LogP contribution in [-0.4, -0.2) is 28.1 Å². The Balaban J connectivity index is 2.09. The van der Waals surface area contributed by atoms with Gasteiger partial charge in [-0.05, 0) is 18.9 Å². The molecule has 0 atom stereocenters. The summed E-state index contributed by atoms with van der Waals surface area (Å²) in [5, 5.41) is 13.0. The van der Waals surface area contributed by atoms with Crippen LogP contribution < -0.4 is 5.32 Å². The summed E-state index contributed by atoms with van der Waals surface area (Å²) < 4.78 is 0. The normalized spacial score (nSPS) is 18.6. The van der Waals surface area contributed by atoms with E-state index in [9.17, 15) is 9.90 Å². The molecular weight excluding hydrogens is 275 g/mol. The summed E-state index contributed by atoms with van der Waals surface area (Å²) in [4.78, 5) is 14.8. The van der Waals surface area contributed by atoms with E-state index in [1.54, 1.807) is 0 Å². The van der Waals surface area contributed by atoms with Gasteiger partial charge >= 0.3 is 0 Å². The molecule has 1 aromatic rings. The van der Waals surface area contributed by atoms with Crippen LogP contribution in [0.15, 0.2) is 6.07 Å². The van der Waals surface area contributed by atoms with Crippen molar-refractivity contribution in [2.24, 2.45) is 0 Å². The van der Waals surface area contributed by atoms with Crippen LogP contribution in [0.1, 0.15) is 42.6 Å². The van der Waals surface area contributed by atoms with Gasteiger partial charge in [-0.2, -0.15) is 0 Å².